The minimum atomic E-state index is -0.526. The molecule has 0 saturated carbocycles. The molecule has 1 amide bonds. The second-order valence-electron chi connectivity index (χ2n) is 9.78. The number of nitrogens with zero attached hydrogens (tertiary/aromatic N) is 1. The maximum atomic E-state index is 12.1. The van der Waals surface area contributed by atoms with Crippen LogP contribution in [-0.2, 0) is 9.47 Å². The summed E-state index contributed by atoms with van der Waals surface area (Å²) >= 11 is 0. The number of rotatable bonds is 4. The van der Waals surface area contributed by atoms with Gasteiger partial charge >= 0.3 is 6.09 Å². The van der Waals surface area contributed by atoms with Crippen LogP contribution < -0.4 is 5.32 Å². The van der Waals surface area contributed by atoms with E-state index in [0.29, 0.717) is 5.92 Å². The molecule has 1 saturated heterocycles. The molecule has 5 nitrogen and oxygen atoms in total. The topological polar surface area (TPSA) is 60.5 Å². The largest absolute Gasteiger partial charge is 0.444 e. The van der Waals surface area contributed by atoms with Gasteiger partial charge in [-0.1, -0.05) is 30.4 Å². The van der Waals surface area contributed by atoms with Gasteiger partial charge < -0.3 is 14.8 Å². The maximum Gasteiger partial charge on any atom is 0.408 e. The second kappa shape index (κ2) is 8.76. The molecule has 1 fully saturated rings. The number of hydrogen-bond acceptors (Lipinski definition) is 4. The minimum Gasteiger partial charge on any atom is -0.444 e. The fourth-order valence-electron chi connectivity index (χ4n) is 3.74. The first kappa shape index (κ1) is 22.3. The lowest BCUT2D eigenvalue weighted by atomic mass is 9.88. The molecule has 0 bridgehead atoms. The molecule has 3 rings (SSSR count). The van der Waals surface area contributed by atoms with E-state index in [1.807, 2.05) is 39.8 Å². The van der Waals surface area contributed by atoms with E-state index < -0.39 is 11.7 Å². The van der Waals surface area contributed by atoms with Crippen LogP contribution in [0.25, 0.3) is 17.0 Å². The summed E-state index contributed by atoms with van der Waals surface area (Å²) in [6, 6.07) is 10.1. The van der Waals surface area contributed by atoms with E-state index in [9.17, 15) is 4.79 Å². The van der Waals surface area contributed by atoms with Crippen molar-refractivity contribution in [2.45, 2.75) is 71.6 Å². The van der Waals surface area contributed by atoms with Gasteiger partial charge in [-0.25, -0.2) is 4.79 Å². The molecule has 5 heteroatoms. The molecule has 1 N–H and O–H groups in total. The maximum absolute atomic E-state index is 12.1. The number of carbonyl (C=O) groups excluding carboxylic acids is 1. The average Bonchev–Trinajstić information content (AvgIpc) is 2.63. The lowest BCUT2D eigenvalue weighted by Crippen LogP contribution is -2.34. The molecule has 2 unspecified atom stereocenters. The van der Waals surface area contributed by atoms with Crippen molar-refractivity contribution < 1.29 is 14.3 Å². The number of amides is 1. The molecule has 2 heterocycles. The monoisotopic (exact) mass is 410 g/mol. The van der Waals surface area contributed by atoms with Crippen LogP contribution in [0.2, 0.25) is 0 Å². The molecule has 1 aliphatic heterocycles. The van der Waals surface area contributed by atoms with Gasteiger partial charge in [0.05, 0.1) is 22.9 Å². The predicted octanol–water partition coefficient (Wildman–Crippen LogP) is 6.04. The molecule has 2 aromatic rings. The number of hydrogen-bond donors (Lipinski definition) is 1. The number of aromatic nitrogens is 1. The normalized spacial score (nSPS) is 20.3. The molecule has 1 aromatic carbocycles. The number of ether oxygens (including phenoxy) is 2. The van der Waals surface area contributed by atoms with Crippen molar-refractivity contribution >= 4 is 23.1 Å². The molecule has 30 heavy (non-hydrogen) atoms. The van der Waals surface area contributed by atoms with E-state index in [1.165, 1.54) is 0 Å². The van der Waals surface area contributed by atoms with Crippen molar-refractivity contribution in [1.29, 1.82) is 0 Å². The lowest BCUT2D eigenvalue weighted by Gasteiger charge is -2.34. The van der Waals surface area contributed by atoms with Crippen molar-refractivity contribution in [3.63, 3.8) is 0 Å². The summed E-state index contributed by atoms with van der Waals surface area (Å²) in [4.78, 5) is 16.8. The molecule has 2 atom stereocenters. The van der Waals surface area contributed by atoms with Gasteiger partial charge in [0.1, 0.15) is 5.60 Å². The number of allylic oxidation sites excluding steroid dienone is 1. The Morgan fingerprint density at radius 3 is 2.73 bits per heavy atom. The van der Waals surface area contributed by atoms with Gasteiger partial charge in [0.15, 0.2) is 0 Å². The first-order chi connectivity index (χ1) is 14.0. The molecule has 0 aliphatic carbocycles. The summed E-state index contributed by atoms with van der Waals surface area (Å²) in [7, 11) is 0. The molecule has 1 aliphatic rings. The highest BCUT2D eigenvalue weighted by Gasteiger charge is 2.27. The van der Waals surface area contributed by atoms with Crippen LogP contribution in [0, 0.1) is 5.92 Å². The Morgan fingerprint density at radius 2 is 2.03 bits per heavy atom. The van der Waals surface area contributed by atoms with E-state index in [2.05, 4.69) is 49.5 Å². The van der Waals surface area contributed by atoms with Gasteiger partial charge in [-0.05, 0) is 78.0 Å². The number of nitrogens with one attached hydrogen (secondary N) is 1. The number of pyridine rings is 1. The number of fused-ring (bicyclic) bond motifs is 1. The van der Waals surface area contributed by atoms with Crippen LogP contribution in [-0.4, -0.2) is 28.9 Å². The van der Waals surface area contributed by atoms with Crippen LogP contribution in [0.4, 0.5) is 4.79 Å². The smallest absolute Gasteiger partial charge is 0.408 e. The van der Waals surface area contributed by atoms with E-state index in [4.69, 9.17) is 14.5 Å². The minimum absolute atomic E-state index is 0.0512. The Balaban J connectivity index is 1.72. The fourth-order valence-corrected chi connectivity index (χ4v) is 3.74. The highest BCUT2D eigenvalue weighted by Crippen LogP contribution is 2.30. The van der Waals surface area contributed by atoms with Crippen LogP contribution in [0.15, 0.2) is 36.4 Å². The molecular formula is C25H34N2O3. The summed E-state index contributed by atoms with van der Waals surface area (Å²) in [6.45, 7) is 12.6. The Bertz CT molecular complexity index is 928. The average molecular weight is 411 g/mol. The van der Waals surface area contributed by atoms with Crippen molar-refractivity contribution in [3.05, 3.63) is 47.7 Å². The van der Waals surface area contributed by atoms with Crippen molar-refractivity contribution in [2.75, 3.05) is 6.61 Å². The highest BCUT2D eigenvalue weighted by molar-refractivity contribution is 5.81. The standard InChI is InChI=1S/C25H34N2O3/c1-17(26-23(28)30-24(2,3)4)21-12-11-20-10-9-18(15-22(20)27-21)7-8-19-13-14-29-25(5,6)16-19/h7-12,15,17,19H,13-14,16H2,1-6H3,(H,26,28). The van der Waals surface area contributed by atoms with E-state index >= 15 is 0 Å². The Morgan fingerprint density at radius 1 is 1.30 bits per heavy atom. The summed E-state index contributed by atoms with van der Waals surface area (Å²) in [5.74, 6) is 0.529. The summed E-state index contributed by atoms with van der Waals surface area (Å²) in [6.07, 6.45) is 6.13. The summed E-state index contributed by atoms with van der Waals surface area (Å²) in [5, 5.41) is 3.93. The summed E-state index contributed by atoms with van der Waals surface area (Å²) in [5.41, 5.74) is 2.27. The van der Waals surface area contributed by atoms with E-state index in [0.717, 1.165) is 41.6 Å². The van der Waals surface area contributed by atoms with Crippen molar-refractivity contribution in [1.82, 2.24) is 10.3 Å². The fraction of sp³-hybridized carbons (Fsp3) is 0.520. The zero-order valence-corrected chi connectivity index (χ0v) is 19.0. The highest BCUT2D eigenvalue weighted by atomic mass is 16.6. The first-order valence-corrected chi connectivity index (χ1v) is 10.7. The lowest BCUT2D eigenvalue weighted by molar-refractivity contribution is -0.0643. The quantitative estimate of drug-likeness (QED) is 0.668. The molecule has 0 radical (unpaired) electrons. The Kier molecular flexibility index (Phi) is 6.51. The van der Waals surface area contributed by atoms with Gasteiger partial charge in [0.25, 0.3) is 0 Å². The molecular weight excluding hydrogens is 376 g/mol. The zero-order valence-electron chi connectivity index (χ0n) is 19.0. The van der Waals surface area contributed by atoms with Gasteiger partial charge in [0, 0.05) is 12.0 Å². The number of carbonyl (C=O) groups is 1. The first-order valence-electron chi connectivity index (χ1n) is 10.7. The number of alkyl carbamates (subject to hydrolysis) is 1. The van der Waals surface area contributed by atoms with Crippen LogP contribution in [0.5, 0.6) is 0 Å². The van der Waals surface area contributed by atoms with E-state index in [-0.39, 0.29) is 11.6 Å². The zero-order chi connectivity index (χ0) is 21.9. The van der Waals surface area contributed by atoms with Crippen LogP contribution >= 0.6 is 0 Å². The third-order valence-electron chi connectivity index (χ3n) is 5.21. The van der Waals surface area contributed by atoms with E-state index in [1.54, 1.807) is 0 Å². The summed E-state index contributed by atoms with van der Waals surface area (Å²) < 4.78 is 11.2. The van der Waals surface area contributed by atoms with Gasteiger partial charge in [0.2, 0.25) is 0 Å². The van der Waals surface area contributed by atoms with Crippen molar-refractivity contribution in [3.8, 4) is 0 Å². The van der Waals surface area contributed by atoms with Crippen LogP contribution in [0.1, 0.15) is 71.7 Å². The third-order valence-corrected chi connectivity index (χ3v) is 5.21. The number of benzene rings is 1. The van der Waals surface area contributed by atoms with Gasteiger partial charge in [-0.3, -0.25) is 4.98 Å². The second-order valence-corrected chi connectivity index (χ2v) is 9.78. The van der Waals surface area contributed by atoms with Crippen LogP contribution in [0.3, 0.4) is 0 Å². The Hall–Kier alpha value is -2.40. The third kappa shape index (κ3) is 6.30. The van der Waals surface area contributed by atoms with Gasteiger partial charge in [-0.2, -0.15) is 0 Å². The van der Waals surface area contributed by atoms with Crippen molar-refractivity contribution in [2.24, 2.45) is 5.92 Å². The molecule has 1 aromatic heterocycles. The SMILES string of the molecule is CC(NC(=O)OC(C)(C)C)c1ccc2ccc(C=CC3CCOC(C)(C)C3)cc2n1. The Labute approximate surface area is 179 Å². The molecule has 162 valence electrons. The molecule has 0 spiro atoms. The van der Waals surface area contributed by atoms with Gasteiger partial charge in [-0.15, -0.1) is 0 Å². The predicted molar refractivity (Wildman–Crippen MR) is 121 cm³/mol.